The van der Waals surface area contributed by atoms with E-state index in [1.807, 2.05) is 0 Å². The van der Waals surface area contributed by atoms with Crippen LogP contribution < -0.4 is 0 Å². The molecule has 0 aliphatic heterocycles. The maximum atomic E-state index is 6.33. The average Bonchev–Trinajstić information content (AvgIpc) is 2.66. The van der Waals surface area contributed by atoms with Crippen LogP contribution in [0.25, 0.3) is 10.9 Å². The second kappa shape index (κ2) is 5.32. The summed E-state index contributed by atoms with van der Waals surface area (Å²) in [5.74, 6) is 0. The highest BCUT2D eigenvalue weighted by atomic mass is 79.9. The van der Waals surface area contributed by atoms with Gasteiger partial charge >= 0.3 is 0 Å². The molecular formula is C16H24BrNOSi. The molecular weight excluding hydrogens is 330 g/mol. The first-order chi connectivity index (χ1) is 9.12. The molecule has 0 atom stereocenters. The smallest absolute Gasteiger partial charge is 0.192 e. The second-order valence-electron chi connectivity index (χ2n) is 6.98. The number of hydrogen-bond donors (Lipinski definition) is 0. The Hall–Kier alpha value is -0.583. The minimum atomic E-state index is -1.70. The number of nitrogens with zero attached hydrogens (tertiary/aromatic N) is 1. The quantitative estimate of drug-likeness (QED) is 0.668. The number of benzene rings is 1. The average molecular weight is 354 g/mol. The standard InChI is InChI=1S/C16H24BrNOSi/c1-16(2,3)20(5,6)19-11-13-10-15-12(9-14(13)17)7-8-18(15)4/h7-10H,11H2,1-6H3. The van der Waals surface area contributed by atoms with Gasteiger partial charge in [-0.25, -0.2) is 0 Å². The molecule has 4 heteroatoms. The molecule has 0 saturated heterocycles. The number of fused-ring (bicyclic) bond motifs is 1. The maximum Gasteiger partial charge on any atom is 0.192 e. The van der Waals surface area contributed by atoms with E-state index < -0.39 is 8.32 Å². The van der Waals surface area contributed by atoms with E-state index in [0.29, 0.717) is 6.61 Å². The highest BCUT2D eigenvalue weighted by molar-refractivity contribution is 9.10. The van der Waals surface area contributed by atoms with E-state index in [4.69, 9.17) is 4.43 Å². The van der Waals surface area contributed by atoms with Crippen molar-refractivity contribution in [3.05, 3.63) is 34.4 Å². The number of rotatable bonds is 3. The van der Waals surface area contributed by atoms with Gasteiger partial charge in [-0.05, 0) is 41.9 Å². The van der Waals surface area contributed by atoms with Gasteiger partial charge in [-0.2, -0.15) is 0 Å². The first-order valence-corrected chi connectivity index (χ1v) is 10.7. The molecule has 2 nitrogen and oxygen atoms in total. The van der Waals surface area contributed by atoms with E-state index in [1.54, 1.807) is 0 Å². The Balaban J connectivity index is 2.26. The maximum absolute atomic E-state index is 6.33. The molecule has 0 aliphatic carbocycles. The van der Waals surface area contributed by atoms with Crippen LogP contribution in [0.1, 0.15) is 26.3 Å². The van der Waals surface area contributed by atoms with Crippen molar-refractivity contribution in [2.45, 2.75) is 45.5 Å². The fraction of sp³-hybridized carbons (Fsp3) is 0.500. The molecule has 0 aliphatic rings. The third-order valence-corrected chi connectivity index (χ3v) is 9.66. The van der Waals surface area contributed by atoms with E-state index >= 15 is 0 Å². The van der Waals surface area contributed by atoms with Crippen LogP contribution in [0.3, 0.4) is 0 Å². The Morgan fingerprint density at radius 2 is 1.90 bits per heavy atom. The predicted octanol–water partition coefficient (Wildman–Crippen LogP) is 5.46. The summed E-state index contributed by atoms with van der Waals surface area (Å²) >= 11 is 3.67. The summed E-state index contributed by atoms with van der Waals surface area (Å²) in [6.07, 6.45) is 2.09. The van der Waals surface area contributed by atoms with Gasteiger partial charge < -0.3 is 8.99 Å². The topological polar surface area (TPSA) is 14.2 Å². The highest BCUT2D eigenvalue weighted by Crippen LogP contribution is 2.37. The molecule has 0 saturated carbocycles. The minimum Gasteiger partial charge on any atom is -0.413 e. The Kier molecular flexibility index (Phi) is 4.20. The molecule has 1 aromatic carbocycles. The fourth-order valence-corrected chi connectivity index (χ4v) is 3.34. The lowest BCUT2D eigenvalue weighted by Crippen LogP contribution is -2.40. The van der Waals surface area contributed by atoms with Crippen molar-refractivity contribution < 1.29 is 4.43 Å². The second-order valence-corrected chi connectivity index (χ2v) is 12.6. The van der Waals surface area contributed by atoms with Crippen LogP contribution in [0.15, 0.2) is 28.9 Å². The van der Waals surface area contributed by atoms with E-state index in [0.717, 1.165) is 4.47 Å². The molecule has 2 rings (SSSR count). The summed E-state index contributed by atoms with van der Waals surface area (Å²) in [6, 6.07) is 6.55. The lowest BCUT2D eigenvalue weighted by Gasteiger charge is -2.36. The lowest BCUT2D eigenvalue weighted by atomic mass is 10.2. The first kappa shape index (κ1) is 15.8. The van der Waals surface area contributed by atoms with Crippen molar-refractivity contribution in [2.24, 2.45) is 7.05 Å². The zero-order valence-electron chi connectivity index (χ0n) is 13.2. The van der Waals surface area contributed by atoms with Crippen molar-refractivity contribution in [1.82, 2.24) is 4.57 Å². The normalized spacial score (nSPS) is 13.2. The molecule has 0 unspecified atom stereocenters. The molecule has 110 valence electrons. The highest BCUT2D eigenvalue weighted by Gasteiger charge is 2.37. The Morgan fingerprint density at radius 1 is 1.25 bits per heavy atom. The molecule has 0 radical (unpaired) electrons. The third-order valence-electron chi connectivity index (χ3n) is 4.45. The fourth-order valence-electron chi connectivity index (χ4n) is 1.92. The van der Waals surface area contributed by atoms with Crippen molar-refractivity contribution in [2.75, 3.05) is 0 Å². The molecule has 1 aromatic heterocycles. The van der Waals surface area contributed by atoms with Crippen LogP contribution in [0, 0.1) is 0 Å². The van der Waals surface area contributed by atoms with Gasteiger partial charge in [0.25, 0.3) is 0 Å². The van der Waals surface area contributed by atoms with Crippen LogP contribution in [0.2, 0.25) is 18.1 Å². The predicted molar refractivity (Wildman–Crippen MR) is 92.6 cm³/mol. The minimum absolute atomic E-state index is 0.245. The Bertz CT molecular complexity index is 625. The SMILES string of the molecule is Cn1ccc2cc(Br)c(CO[Si](C)(C)C(C)(C)C)cc21. The summed E-state index contributed by atoms with van der Waals surface area (Å²) in [5.41, 5.74) is 2.48. The van der Waals surface area contributed by atoms with Crippen LogP contribution in [-0.2, 0) is 18.1 Å². The molecule has 0 bridgehead atoms. The summed E-state index contributed by atoms with van der Waals surface area (Å²) in [4.78, 5) is 0. The Labute approximate surface area is 131 Å². The van der Waals surface area contributed by atoms with Crippen molar-refractivity contribution in [3.63, 3.8) is 0 Å². The zero-order chi connectivity index (χ0) is 15.1. The number of hydrogen-bond acceptors (Lipinski definition) is 1. The van der Waals surface area contributed by atoms with E-state index in [-0.39, 0.29) is 5.04 Å². The summed E-state index contributed by atoms with van der Waals surface area (Å²) < 4.78 is 9.61. The van der Waals surface area contributed by atoms with Gasteiger partial charge in [-0.3, -0.25) is 0 Å². The molecule has 1 heterocycles. The van der Waals surface area contributed by atoms with Gasteiger partial charge in [0, 0.05) is 28.6 Å². The molecule has 0 fully saturated rings. The van der Waals surface area contributed by atoms with Crippen LogP contribution in [0.4, 0.5) is 0 Å². The third kappa shape index (κ3) is 3.02. The molecule has 0 N–H and O–H groups in total. The van der Waals surface area contributed by atoms with E-state index in [9.17, 15) is 0 Å². The van der Waals surface area contributed by atoms with Crippen molar-refractivity contribution >= 4 is 35.2 Å². The summed E-state index contributed by atoms with van der Waals surface area (Å²) in [6.45, 7) is 12.1. The summed E-state index contributed by atoms with van der Waals surface area (Å²) in [7, 11) is 0.375. The molecule has 2 aromatic rings. The number of halogens is 1. The van der Waals surface area contributed by atoms with E-state index in [1.165, 1.54) is 16.5 Å². The van der Waals surface area contributed by atoms with Gasteiger partial charge in [-0.1, -0.05) is 36.7 Å². The molecule has 0 amide bonds. The van der Waals surface area contributed by atoms with Gasteiger partial charge in [0.1, 0.15) is 0 Å². The largest absolute Gasteiger partial charge is 0.413 e. The van der Waals surface area contributed by atoms with Gasteiger partial charge in [0.15, 0.2) is 8.32 Å². The van der Waals surface area contributed by atoms with Gasteiger partial charge in [0.05, 0.1) is 6.61 Å². The van der Waals surface area contributed by atoms with Crippen LogP contribution in [0.5, 0.6) is 0 Å². The number of aryl methyl sites for hydroxylation is 1. The lowest BCUT2D eigenvalue weighted by molar-refractivity contribution is 0.276. The van der Waals surface area contributed by atoms with Crippen molar-refractivity contribution in [3.8, 4) is 0 Å². The van der Waals surface area contributed by atoms with Gasteiger partial charge in [-0.15, -0.1) is 0 Å². The molecule has 20 heavy (non-hydrogen) atoms. The van der Waals surface area contributed by atoms with Crippen LogP contribution in [-0.4, -0.2) is 12.9 Å². The van der Waals surface area contributed by atoms with E-state index in [2.05, 4.69) is 85.8 Å². The molecule has 0 spiro atoms. The zero-order valence-corrected chi connectivity index (χ0v) is 15.8. The van der Waals surface area contributed by atoms with Crippen LogP contribution >= 0.6 is 15.9 Å². The monoisotopic (exact) mass is 353 g/mol. The van der Waals surface area contributed by atoms with Gasteiger partial charge in [0.2, 0.25) is 0 Å². The Morgan fingerprint density at radius 3 is 2.50 bits per heavy atom. The summed E-state index contributed by atoms with van der Waals surface area (Å²) in [5, 5.41) is 1.50. The first-order valence-electron chi connectivity index (χ1n) is 6.99. The van der Waals surface area contributed by atoms with Crippen molar-refractivity contribution in [1.29, 1.82) is 0 Å². The number of aromatic nitrogens is 1.